The predicted octanol–water partition coefficient (Wildman–Crippen LogP) is 2.11. The highest BCUT2D eigenvalue weighted by Gasteiger charge is 2.12. The zero-order chi connectivity index (χ0) is 13.8. The summed E-state index contributed by atoms with van der Waals surface area (Å²) in [5.41, 5.74) is 2.90. The number of aliphatic carboxylic acids is 1. The maximum atomic E-state index is 10.7. The van der Waals surface area contributed by atoms with Crippen molar-refractivity contribution < 1.29 is 14.6 Å². The van der Waals surface area contributed by atoms with Crippen LogP contribution in [0.1, 0.15) is 12.1 Å². The van der Waals surface area contributed by atoms with Crippen LogP contribution < -0.4 is 4.74 Å². The van der Waals surface area contributed by atoms with Crippen molar-refractivity contribution in [2.24, 2.45) is 7.05 Å². The zero-order valence-electron chi connectivity index (χ0n) is 11.0. The molecule has 0 saturated carbocycles. The number of nitrogens with zero attached hydrogens (tertiary/aromatic N) is 2. The quantitative estimate of drug-likeness (QED) is 0.894. The molecular formula is C14H16N2O3. The third kappa shape index (κ3) is 2.93. The van der Waals surface area contributed by atoms with Crippen LogP contribution in [0.4, 0.5) is 0 Å². The molecule has 0 saturated heterocycles. The van der Waals surface area contributed by atoms with Crippen molar-refractivity contribution in [3.8, 4) is 16.9 Å². The summed E-state index contributed by atoms with van der Waals surface area (Å²) < 4.78 is 6.85. The number of aryl methyl sites for hydroxylation is 1. The Morgan fingerprint density at radius 1 is 1.37 bits per heavy atom. The monoisotopic (exact) mass is 260 g/mol. The van der Waals surface area contributed by atoms with E-state index in [-0.39, 0.29) is 6.42 Å². The van der Waals surface area contributed by atoms with Crippen LogP contribution in [-0.4, -0.2) is 28.0 Å². The summed E-state index contributed by atoms with van der Waals surface area (Å²) in [6.45, 7) is 0. The molecule has 0 radical (unpaired) electrons. The van der Waals surface area contributed by atoms with Gasteiger partial charge in [0.2, 0.25) is 0 Å². The first-order chi connectivity index (χ1) is 9.11. The number of rotatable bonds is 5. The van der Waals surface area contributed by atoms with Gasteiger partial charge in [0.25, 0.3) is 0 Å². The largest absolute Gasteiger partial charge is 0.497 e. The highest BCUT2D eigenvalue weighted by Crippen LogP contribution is 2.26. The Bertz CT molecular complexity index is 573. The average molecular weight is 260 g/mol. The van der Waals surface area contributed by atoms with Gasteiger partial charge in [0.05, 0.1) is 19.7 Å². The third-order valence-corrected chi connectivity index (χ3v) is 3.04. The lowest BCUT2D eigenvalue weighted by Crippen LogP contribution is -2.04. The van der Waals surface area contributed by atoms with Gasteiger partial charge in [-0.2, -0.15) is 5.10 Å². The van der Waals surface area contributed by atoms with Gasteiger partial charge < -0.3 is 9.84 Å². The first-order valence-electron chi connectivity index (χ1n) is 5.99. The fourth-order valence-electron chi connectivity index (χ4n) is 2.00. The van der Waals surface area contributed by atoms with Crippen molar-refractivity contribution in [3.05, 3.63) is 36.2 Å². The average Bonchev–Trinajstić information content (AvgIpc) is 2.78. The molecule has 5 nitrogen and oxygen atoms in total. The van der Waals surface area contributed by atoms with Crippen LogP contribution in [0.5, 0.6) is 5.75 Å². The maximum absolute atomic E-state index is 10.7. The molecule has 100 valence electrons. The van der Waals surface area contributed by atoms with E-state index in [1.54, 1.807) is 18.0 Å². The smallest absolute Gasteiger partial charge is 0.303 e. The van der Waals surface area contributed by atoms with E-state index in [1.165, 1.54) is 0 Å². The van der Waals surface area contributed by atoms with Crippen LogP contribution in [0, 0.1) is 0 Å². The number of methoxy groups -OCH3 is 1. The van der Waals surface area contributed by atoms with Gasteiger partial charge in [0, 0.05) is 24.7 Å². The van der Waals surface area contributed by atoms with Crippen molar-refractivity contribution in [1.82, 2.24) is 9.78 Å². The highest BCUT2D eigenvalue weighted by molar-refractivity contribution is 5.69. The van der Waals surface area contributed by atoms with Crippen molar-refractivity contribution >= 4 is 5.97 Å². The number of benzene rings is 1. The summed E-state index contributed by atoms with van der Waals surface area (Å²) in [4.78, 5) is 10.7. The summed E-state index contributed by atoms with van der Waals surface area (Å²) in [7, 11) is 3.45. The van der Waals surface area contributed by atoms with Gasteiger partial charge in [-0.3, -0.25) is 9.48 Å². The molecule has 0 fully saturated rings. The Labute approximate surface area is 111 Å². The normalized spacial score (nSPS) is 10.4. The molecule has 1 aromatic heterocycles. The Morgan fingerprint density at radius 2 is 2.05 bits per heavy atom. The molecule has 0 aliphatic carbocycles. The van der Waals surface area contributed by atoms with Gasteiger partial charge >= 0.3 is 5.97 Å². The number of carboxylic acids is 1. The number of hydrogen-bond acceptors (Lipinski definition) is 3. The maximum Gasteiger partial charge on any atom is 0.303 e. The minimum absolute atomic E-state index is 0.0999. The van der Waals surface area contributed by atoms with E-state index in [2.05, 4.69) is 5.10 Å². The molecule has 0 aliphatic heterocycles. The van der Waals surface area contributed by atoms with Crippen LogP contribution in [0.3, 0.4) is 0 Å². The lowest BCUT2D eigenvalue weighted by Gasteiger charge is -2.06. The Balaban J connectivity index is 2.30. The van der Waals surface area contributed by atoms with E-state index in [1.807, 2.05) is 31.3 Å². The number of carboxylic acid groups (broad SMARTS) is 1. The van der Waals surface area contributed by atoms with Gasteiger partial charge in [-0.1, -0.05) is 12.1 Å². The molecule has 0 atom stereocenters. The molecule has 1 aromatic carbocycles. The van der Waals surface area contributed by atoms with Crippen molar-refractivity contribution in [1.29, 1.82) is 0 Å². The van der Waals surface area contributed by atoms with Gasteiger partial charge in [-0.25, -0.2) is 0 Å². The molecule has 0 amide bonds. The number of aromatic nitrogens is 2. The zero-order valence-corrected chi connectivity index (χ0v) is 11.0. The highest BCUT2D eigenvalue weighted by atomic mass is 16.5. The minimum Gasteiger partial charge on any atom is -0.497 e. The van der Waals surface area contributed by atoms with Crippen molar-refractivity contribution in [2.45, 2.75) is 12.8 Å². The Hall–Kier alpha value is -2.30. The van der Waals surface area contributed by atoms with Crippen LogP contribution in [0.25, 0.3) is 11.1 Å². The minimum atomic E-state index is -0.804. The summed E-state index contributed by atoms with van der Waals surface area (Å²) >= 11 is 0. The Kier molecular flexibility index (Phi) is 3.85. The SMILES string of the molecule is COc1ccc(-c2cnn(C)c2CCC(=O)O)cc1. The second-order valence-electron chi connectivity index (χ2n) is 4.25. The number of carbonyl (C=O) groups is 1. The molecule has 1 N–H and O–H groups in total. The number of ether oxygens (including phenoxy) is 1. The summed E-state index contributed by atoms with van der Waals surface area (Å²) in [5.74, 6) is -0.0124. The van der Waals surface area contributed by atoms with Crippen molar-refractivity contribution in [3.63, 3.8) is 0 Å². The fourth-order valence-corrected chi connectivity index (χ4v) is 2.00. The molecule has 0 unspecified atom stereocenters. The van der Waals surface area contributed by atoms with Crippen LogP contribution in [0.2, 0.25) is 0 Å². The summed E-state index contributed by atoms with van der Waals surface area (Å²) in [5, 5.41) is 13.0. The van der Waals surface area contributed by atoms with Gasteiger partial charge in [-0.05, 0) is 17.7 Å². The molecule has 0 spiro atoms. The summed E-state index contributed by atoms with van der Waals surface area (Å²) in [6.07, 6.45) is 2.33. The topological polar surface area (TPSA) is 64.4 Å². The van der Waals surface area contributed by atoms with Gasteiger partial charge in [-0.15, -0.1) is 0 Å². The number of hydrogen-bond donors (Lipinski definition) is 1. The first-order valence-corrected chi connectivity index (χ1v) is 5.99. The molecule has 5 heteroatoms. The Morgan fingerprint density at radius 3 is 2.63 bits per heavy atom. The molecule has 19 heavy (non-hydrogen) atoms. The molecule has 0 bridgehead atoms. The molecule has 1 heterocycles. The first kappa shape index (κ1) is 13.1. The lowest BCUT2D eigenvalue weighted by molar-refractivity contribution is -0.136. The van der Waals surface area contributed by atoms with Crippen molar-refractivity contribution in [2.75, 3.05) is 7.11 Å². The standard InChI is InChI=1S/C14H16N2O3/c1-16-13(7-8-14(17)18)12(9-15-16)10-3-5-11(19-2)6-4-10/h3-6,9H,7-8H2,1-2H3,(H,17,18). The van der Waals surface area contributed by atoms with Crippen LogP contribution in [0.15, 0.2) is 30.5 Å². The fraction of sp³-hybridized carbons (Fsp3) is 0.286. The second-order valence-corrected chi connectivity index (χ2v) is 4.25. The van der Waals surface area contributed by atoms with Gasteiger partial charge in [0.1, 0.15) is 5.75 Å². The molecule has 2 rings (SSSR count). The van der Waals surface area contributed by atoms with E-state index in [0.29, 0.717) is 6.42 Å². The van der Waals surface area contributed by atoms with E-state index in [0.717, 1.165) is 22.6 Å². The lowest BCUT2D eigenvalue weighted by atomic mass is 10.0. The predicted molar refractivity (Wildman–Crippen MR) is 71.2 cm³/mol. The second kappa shape index (κ2) is 5.56. The summed E-state index contributed by atoms with van der Waals surface area (Å²) in [6, 6.07) is 7.65. The van der Waals surface area contributed by atoms with Gasteiger partial charge in [0.15, 0.2) is 0 Å². The van der Waals surface area contributed by atoms with E-state index >= 15 is 0 Å². The molecular weight excluding hydrogens is 244 g/mol. The molecule has 2 aromatic rings. The van der Waals surface area contributed by atoms with E-state index in [9.17, 15) is 4.79 Å². The van der Waals surface area contributed by atoms with Crippen LogP contribution >= 0.6 is 0 Å². The third-order valence-electron chi connectivity index (χ3n) is 3.04. The van der Waals surface area contributed by atoms with E-state index < -0.39 is 5.97 Å². The van der Waals surface area contributed by atoms with Crippen LogP contribution in [-0.2, 0) is 18.3 Å². The van der Waals surface area contributed by atoms with E-state index in [4.69, 9.17) is 9.84 Å². The molecule has 0 aliphatic rings.